The molecule has 6 nitrogen and oxygen atoms in total. The van der Waals surface area contributed by atoms with E-state index in [1.54, 1.807) is 0 Å². The Morgan fingerprint density at radius 2 is 2.07 bits per heavy atom. The first-order valence-corrected chi connectivity index (χ1v) is 4.49. The van der Waals surface area contributed by atoms with E-state index < -0.39 is 0 Å². The summed E-state index contributed by atoms with van der Waals surface area (Å²) in [5.74, 6) is -0.394. The highest BCUT2D eigenvalue weighted by Crippen LogP contribution is 1.89. The van der Waals surface area contributed by atoms with Crippen LogP contribution >= 0.6 is 0 Å². The lowest BCUT2D eigenvalue weighted by Gasteiger charge is -2.04. The molecule has 15 heavy (non-hydrogen) atoms. The Bertz CT molecular complexity index is 339. The maximum Gasteiger partial charge on any atom is 0.270 e. The van der Waals surface area contributed by atoms with Crippen molar-refractivity contribution in [3.05, 3.63) is 24.3 Å². The van der Waals surface area contributed by atoms with Crippen LogP contribution in [-0.2, 0) is 4.79 Å². The average Bonchev–Trinajstić information content (AvgIpc) is 2.25. The molecule has 0 saturated heterocycles. The number of rotatable bonds is 4. The number of hydrogen-bond acceptors (Lipinski definition) is 4. The summed E-state index contributed by atoms with van der Waals surface area (Å²) in [7, 11) is 0. The molecule has 2 amide bonds. The Balaban J connectivity index is 2.28. The van der Waals surface area contributed by atoms with E-state index in [2.05, 4.69) is 20.6 Å². The molecule has 0 atom stereocenters. The van der Waals surface area contributed by atoms with Crippen molar-refractivity contribution in [1.82, 2.24) is 20.6 Å². The van der Waals surface area contributed by atoms with Crippen LogP contribution in [0.5, 0.6) is 0 Å². The Morgan fingerprint density at radius 3 is 2.67 bits per heavy atom. The van der Waals surface area contributed by atoms with Crippen LogP contribution in [0.4, 0.5) is 0 Å². The van der Waals surface area contributed by atoms with Crippen LogP contribution in [-0.4, -0.2) is 34.9 Å². The maximum absolute atomic E-state index is 11.4. The molecule has 1 heterocycles. The van der Waals surface area contributed by atoms with Crippen molar-refractivity contribution in [3.8, 4) is 0 Å². The topological polar surface area (TPSA) is 84.0 Å². The number of nitrogens with zero attached hydrogens (tertiary/aromatic N) is 2. The summed E-state index contributed by atoms with van der Waals surface area (Å²) in [5, 5.41) is 5.18. The van der Waals surface area contributed by atoms with Crippen molar-refractivity contribution in [2.24, 2.45) is 0 Å². The van der Waals surface area contributed by atoms with Gasteiger partial charge in [0.2, 0.25) is 5.91 Å². The first-order chi connectivity index (χ1) is 7.20. The summed E-state index contributed by atoms with van der Waals surface area (Å²) >= 11 is 0. The SMILES string of the molecule is CC(=O)NCCNC(=O)c1ccncn1. The number of carbonyl (C=O) groups excluding carboxylic acids is 2. The summed E-state index contributed by atoms with van der Waals surface area (Å²) in [5.41, 5.74) is 0.313. The Hall–Kier alpha value is -1.98. The van der Waals surface area contributed by atoms with Crippen LogP contribution in [0.25, 0.3) is 0 Å². The fraction of sp³-hybridized carbons (Fsp3) is 0.333. The largest absolute Gasteiger partial charge is 0.355 e. The van der Waals surface area contributed by atoms with Crippen LogP contribution in [0.1, 0.15) is 17.4 Å². The van der Waals surface area contributed by atoms with E-state index in [0.29, 0.717) is 18.8 Å². The van der Waals surface area contributed by atoms with Crippen LogP contribution in [0.2, 0.25) is 0 Å². The minimum atomic E-state index is -0.275. The molecule has 0 aliphatic heterocycles. The van der Waals surface area contributed by atoms with Crippen molar-refractivity contribution in [2.45, 2.75) is 6.92 Å². The normalized spacial score (nSPS) is 9.40. The van der Waals surface area contributed by atoms with Gasteiger partial charge in [-0.3, -0.25) is 9.59 Å². The molecule has 0 fully saturated rings. The van der Waals surface area contributed by atoms with E-state index in [1.807, 2.05) is 0 Å². The fourth-order valence-corrected chi connectivity index (χ4v) is 0.930. The van der Waals surface area contributed by atoms with Crippen molar-refractivity contribution in [3.63, 3.8) is 0 Å². The molecule has 0 aromatic carbocycles. The second kappa shape index (κ2) is 5.69. The second-order valence-corrected chi connectivity index (χ2v) is 2.83. The Morgan fingerprint density at radius 1 is 1.33 bits per heavy atom. The van der Waals surface area contributed by atoms with E-state index in [1.165, 1.54) is 25.5 Å². The molecule has 80 valence electrons. The minimum absolute atomic E-state index is 0.119. The van der Waals surface area contributed by atoms with Gasteiger partial charge in [-0.1, -0.05) is 0 Å². The molecule has 0 bridgehead atoms. The lowest BCUT2D eigenvalue weighted by atomic mass is 10.4. The van der Waals surface area contributed by atoms with Gasteiger partial charge in [0.25, 0.3) is 5.91 Å². The smallest absolute Gasteiger partial charge is 0.270 e. The predicted molar refractivity (Wildman–Crippen MR) is 53.0 cm³/mol. The highest BCUT2D eigenvalue weighted by molar-refractivity contribution is 5.92. The molecule has 1 aromatic rings. The Kier molecular flexibility index (Phi) is 4.21. The molecule has 0 radical (unpaired) electrons. The van der Waals surface area contributed by atoms with E-state index in [-0.39, 0.29) is 11.8 Å². The third-order valence-corrected chi connectivity index (χ3v) is 1.60. The molecular formula is C9H12N4O2. The molecule has 1 aromatic heterocycles. The van der Waals surface area contributed by atoms with Gasteiger partial charge in [0.05, 0.1) is 0 Å². The van der Waals surface area contributed by atoms with Gasteiger partial charge < -0.3 is 10.6 Å². The summed E-state index contributed by atoms with van der Waals surface area (Å²) < 4.78 is 0. The summed E-state index contributed by atoms with van der Waals surface area (Å²) in [6.07, 6.45) is 2.80. The standard InChI is InChI=1S/C9H12N4O2/c1-7(14)11-4-5-12-9(15)8-2-3-10-6-13-8/h2-3,6H,4-5H2,1H3,(H,11,14)(H,12,15). The van der Waals surface area contributed by atoms with Crippen LogP contribution in [0.15, 0.2) is 18.6 Å². The molecule has 0 aliphatic rings. The van der Waals surface area contributed by atoms with Gasteiger partial charge in [0.15, 0.2) is 0 Å². The second-order valence-electron chi connectivity index (χ2n) is 2.83. The third-order valence-electron chi connectivity index (χ3n) is 1.60. The molecule has 0 unspecified atom stereocenters. The van der Waals surface area contributed by atoms with Crippen molar-refractivity contribution in [1.29, 1.82) is 0 Å². The lowest BCUT2D eigenvalue weighted by Crippen LogP contribution is -2.33. The molecule has 0 saturated carbocycles. The van der Waals surface area contributed by atoms with Crippen molar-refractivity contribution >= 4 is 11.8 Å². The number of hydrogen-bond donors (Lipinski definition) is 2. The van der Waals surface area contributed by atoms with Crippen LogP contribution < -0.4 is 10.6 Å². The number of aromatic nitrogens is 2. The van der Waals surface area contributed by atoms with Crippen LogP contribution in [0, 0.1) is 0 Å². The van der Waals surface area contributed by atoms with Crippen molar-refractivity contribution < 1.29 is 9.59 Å². The first kappa shape index (κ1) is 11.1. The highest BCUT2D eigenvalue weighted by atomic mass is 16.2. The van der Waals surface area contributed by atoms with Gasteiger partial charge >= 0.3 is 0 Å². The van der Waals surface area contributed by atoms with Gasteiger partial charge in [0.1, 0.15) is 12.0 Å². The van der Waals surface area contributed by atoms with Gasteiger partial charge in [0, 0.05) is 26.2 Å². The zero-order valence-electron chi connectivity index (χ0n) is 8.36. The van der Waals surface area contributed by atoms with E-state index in [0.717, 1.165) is 0 Å². The zero-order valence-corrected chi connectivity index (χ0v) is 8.36. The zero-order chi connectivity index (χ0) is 11.1. The third kappa shape index (κ3) is 4.17. The summed E-state index contributed by atoms with van der Waals surface area (Å²) in [4.78, 5) is 29.4. The summed E-state index contributed by atoms with van der Waals surface area (Å²) in [6, 6.07) is 1.52. The summed E-state index contributed by atoms with van der Waals surface area (Å²) in [6.45, 7) is 2.21. The maximum atomic E-state index is 11.4. The van der Waals surface area contributed by atoms with E-state index in [9.17, 15) is 9.59 Å². The first-order valence-electron chi connectivity index (χ1n) is 4.49. The van der Waals surface area contributed by atoms with Gasteiger partial charge in [-0.05, 0) is 6.07 Å². The minimum Gasteiger partial charge on any atom is -0.355 e. The molecular weight excluding hydrogens is 196 g/mol. The molecule has 2 N–H and O–H groups in total. The van der Waals surface area contributed by atoms with Gasteiger partial charge in [-0.15, -0.1) is 0 Å². The lowest BCUT2D eigenvalue weighted by molar-refractivity contribution is -0.118. The average molecular weight is 208 g/mol. The Labute approximate surface area is 87.1 Å². The van der Waals surface area contributed by atoms with E-state index >= 15 is 0 Å². The predicted octanol–water partition coefficient (Wildman–Crippen LogP) is -0.658. The molecule has 0 aliphatic carbocycles. The molecule has 6 heteroatoms. The monoisotopic (exact) mass is 208 g/mol. The fourth-order valence-electron chi connectivity index (χ4n) is 0.930. The number of nitrogens with one attached hydrogen (secondary N) is 2. The number of carbonyl (C=O) groups is 2. The van der Waals surface area contributed by atoms with E-state index in [4.69, 9.17) is 0 Å². The van der Waals surface area contributed by atoms with Crippen LogP contribution in [0.3, 0.4) is 0 Å². The van der Waals surface area contributed by atoms with Gasteiger partial charge in [-0.2, -0.15) is 0 Å². The molecule has 1 rings (SSSR count). The van der Waals surface area contributed by atoms with Crippen molar-refractivity contribution in [2.75, 3.05) is 13.1 Å². The molecule has 0 spiro atoms. The quantitative estimate of drug-likeness (QED) is 0.643. The highest BCUT2D eigenvalue weighted by Gasteiger charge is 2.04. The number of amides is 2. The van der Waals surface area contributed by atoms with Gasteiger partial charge in [-0.25, -0.2) is 9.97 Å².